The number of para-hydroxylation sites is 1. The van der Waals surface area contributed by atoms with Gasteiger partial charge in [0.05, 0.1) is 18.7 Å². The van der Waals surface area contributed by atoms with Gasteiger partial charge in [-0.1, -0.05) is 18.2 Å². The molecule has 1 aromatic carbocycles. The molecule has 0 spiro atoms. The standard InChI is InChI=1S/C19H22N4O/c1-21-12-14(16-6-3-4-7-18(16)21)10-19(24)23-9-5-8-17(23)15-11-20-22(2)13-15/h3-4,6-7,11-13,17H,5,8-10H2,1-2H3. The molecular formula is C19H22N4O. The zero-order chi connectivity index (χ0) is 16.7. The van der Waals surface area contributed by atoms with Crippen LogP contribution in [-0.2, 0) is 25.3 Å². The van der Waals surface area contributed by atoms with Crippen LogP contribution in [0.25, 0.3) is 10.9 Å². The first kappa shape index (κ1) is 15.0. The molecule has 0 radical (unpaired) electrons. The summed E-state index contributed by atoms with van der Waals surface area (Å²) in [5.41, 5.74) is 3.42. The largest absolute Gasteiger partial charge is 0.350 e. The van der Waals surface area contributed by atoms with Gasteiger partial charge in [-0.05, 0) is 24.5 Å². The van der Waals surface area contributed by atoms with E-state index in [1.807, 2.05) is 43.5 Å². The molecule has 5 heteroatoms. The number of hydrogen-bond acceptors (Lipinski definition) is 2. The van der Waals surface area contributed by atoms with Crippen LogP contribution in [0.1, 0.15) is 30.0 Å². The normalized spacial score (nSPS) is 17.8. The van der Waals surface area contributed by atoms with Gasteiger partial charge in [0.15, 0.2) is 0 Å². The van der Waals surface area contributed by atoms with E-state index in [4.69, 9.17) is 0 Å². The quantitative estimate of drug-likeness (QED) is 0.744. The highest BCUT2D eigenvalue weighted by atomic mass is 16.2. The van der Waals surface area contributed by atoms with Crippen molar-refractivity contribution in [3.8, 4) is 0 Å². The highest BCUT2D eigenvalue weighted by Crippen LogP contribution is 2.32. The lowest BCUT2D eigenvalue weighted by Crippen LogP contribution is -2.31. The maximum Gasteiger partial charge on any atom is 0.227 e. The summed E-state index contributed by atoms with van der Waals surface area (Å²) in [7, 11) is 3.95. The highest BCUT2D eigenvalue weighted by molar-refractivity contribution is 5.89. The molecule has 1 atom stereocenters. The maximum absolute atomic E-state index is 12.9. The molecule has 124 valence electrons. The molecule has 0 N–H and O–H groups in total. The monoisotopic (exact) mass is 322 g/mol. The van der Waals surface area contributed by atoms with Gasteiger partial charge in [-0.3, -0.25) is 9.48 Å². The third-order valence-electron chi connectivity index (χ3n) is 5.00. The molecule has 1 unspecified atom stereocenters. The van der Waals surface area contributed by atoms with Gasteiger partial charge in [0.2, 0.25) is 5.91 Å². The second-order valence-electron chi connectivity index (χ2n) is 6.65. The Kier molecular flexibility index (Phi) is 3.63. The number of amides is 1. The lowest BCUT2D eigenvalue weighted by atomic mass is 10.1. The van der Waals surface area contributed by atoms with E-state index in [9.17, 15) is 4.79 Å². The number of rotatable bonds is 3. The van der Waals surface area contributed by atoms with Crippen molar-refractivity contribution in [3.63, 3.8) is 0 Å². The van der Waals surface area contributed by atoms with Gasteiger partial charge in [0.1, 0.15) is 0 Å². The Hall–Kier alpha value is -2.56. The fourth-order valence-corrected chi connectivity index (χ4v) is 3.85. The molecule has 0 bridgehead atoms. The van der Waals surface area contributed by atoms with E-state index in [0.29, 0.717) is 6.42 Å². The van der Waals surface area contributed by atoms with Crippen LogP contribution in [0, 0.1) is 0 Å². The summed E-state index contributed by atoms with van der Waals surface area (Å²) in [5.74, 6) is 0.206. The average molecular weight is 322 g/mol. The molecule has 1 aliphatic rings. The van der Waals surface area contributed by atoms with Crippen LogP contribution >= 0.6 is 0 Å². The third-order valence-corrected chi connectivity index (χ3v) is 5.00. The van der Waals surface area contributed by atoms with E-state index in [0.717, 1.165) is 30.5 Å². The van der Waals surface area contributed by atoms with Crippen LogP contribution in [0.5, 0.6) is 0 Å². The van der Waals surface area contributed by atoms with Crippen LogP contribution in [0.3, 0.4) is 0 Å². The van der Waals surface area contributed by atoms with E-state index in [1.54, 1.807) is 4.68 Å². The Balaban J connectivity index is 1.59. The molecule has 0 saturated carbocycles. The first-order chi connectivity index (χ1) is 11.6. The van der Waals surface area contributed by atoms with Crippen molar-refractivity contribution in [1.29, 1.82) is 0 Å². The summed E-state index contributed by atoms with van der Waals surface area (Å²) >= 11 is 0. The minimum absolute atomic E-state index is 0.168. The predicted octanol–water partition coefficient (Wildman–Crippen LogP) is 2.82. The maximum atomic E-state index is 12.9. The minimum atomic E-state index is 0.168. The second-order valence-corrected chi connectivity index (χ2v) is 6.65. The van der Waals surface area contributed by atoms with Crippen LogP contribution < -0.4 is 0 Å². The average Bonchev–Trinajstić information content (AvgIpc) is 3.28. The Labute approximate surface area is 141 Å². The number of fused-ring (bicyclic) bond motifs is 1. The van der Waals surface area contributed by atoms with Gasteiger partial charge in [0, 0.05) is 49.5 Å². The lowest BCUT2D eigenvalue weighted by Gasteiger charge is -2.24. The van der Waals surface area contributed by atoms with E-state index in [-0.39, 0.29) is 11.9 Å². The van der Waals surface area contributed by atoms with Crippen LogP contribution in [0.4, 0.5) is 0 Å². The first-order valence-electron chi connectivity index (χ1n) is 8.44. The fourth-order valence-electron chi connectivity index (χ4n) is 3.85. The van der Waals surface area contributed by atoms with Crippen LogP contribution in [-0.4, -0.2) is 31.7 Å². The first-order valence-corrected chi connectivity index (χ1v) is 8.44. The number of carbonyl (C=O) groups excluding carboxylic acids is 1. The van der Waals surface area contributed by atoms with Gasteiger partial charge in [-0.15, -0.1) is 0 Å². The summed E-state index contributed by atoms with van der Waals surface area (Å²) in [5, 5.41) is 5.43. The number of aryl methyl sites for hydroxylation is 2. The summed E-state index contributed by atoms with van der Waals surface area (Å²) in [6.07, 6.45) is 8.52. The van der Waals surface area contributed by atoms with E-state index in [1.165, 1.54) is 10.9 Å². The van der Waals surface area contributed by atoms with Gasteiger partial charge in [0.25, 0.3) is 0 Å². The van der Waals surface area contributed by atoms with E-state index >= 15 is 0 Å². The molecule has 2 aromatic heterocycles. The molecular weight excluding hydrogens is 300 g/mol. The van der Waals surface area contributed by atoms with Crippen molar-refractivity contribution in [1.82, 2.24) is 19.2 Å². The van der Waals surface area contributed by atoms with Gasteiger partial charge >= 0.3 is 0 Å². The SMILES string of the molecule is Cn1cc(C2CCCN2C(=O)Cc2cn(C)c3ccccc23)cn1. The van der Waals surface area contributed by atoms with Crippen molar-refractivity contribution in [3.05, 3.63) is 54.0 Å². The summed E-state index contributed by atoms with van der Waals surface area (Å²) in [4.78, 5) is 15.0. The molecule has 24 heavy (non-hydrogen) atoms. The van der Waals surface area contributed by atoms with Crippen molar-refractivity contribution in [2.24, 2.45) is 14.1 Å². The van der Waals surface area contributed by atoms with Crippen molar-refractivity contribution in [2.75, 3.05) is 6.54 Å². The van der Waals surface area contributed by atoms with E-state index in [2.05, 4.69) is 28.0 Å². The molecule has 1 saturated heterocycles. The Bertz CT molecular complexity index is 892. The topological polar surface area (TPSA) is 43.1 Å². The number of nitrogens with zero attached hydrogens (tertiary/aromatic N) is 4. The zero-order valence-corrected chi connectivity index (χ0v) is 14.1. The molecule has 3 heterocycles. The molecule has 1 amide bonds. The van der Waals surface area contributed by atoms with Crippen molar-refractivity contribution < 1.29 is 4.79 Å². The van der Waals surface area contributed by atoms with E-state index < -0.39 is 0 Å². The Morgan fingerprint density at radius 2 is 2.08 bits per heavy atom. The predicted molar refractivity (Wildman–Crippen MR) is 93.5 cm³/mol. The van der Waals surface area contributed by atoms with Gasteiger partial charge in [-0.25, -0.2) is 0 Å². The number of aromatic nitrogens is 3. The summed E-state index contributed by atoms with van der Waals surface area (Å²) in [6.45, 7) is 0.836. The highest BCUT2D eigenvalue weighted by Gasteiger charge is 2.31. The molecule has 5 nitrogen and oxygen atoms in total. The Morgan fingerprint density at radius 1 is 1.25 bits per heavy atom. The van der Waals surface area contributed by atoms with Crippen LogP contribution in [0.15, 0.2) is 42.9 Å². The smallest absolute Gasteiger partial charge is 0.227 e. The number of likely N-dealkylation sites (tertiary alicyclic amines) is 1. The molecule has 4 rings (SSSR count). The number of benzene rings is 1. The second kappa shape index (κ2) is 5.82. The number of hydrogen-bond donors (Lipinski definition) is 0. The summed E-state index contributed by atoms with van der Waals surface area (Å²) in [6, 6.07) is 8.43. The summed E-state index contributed by atoms with van der Waals surface area (Å²) < 4.78 is 3.90. The Morgan fingerprint density at radius 3 is 2.88 bits per heavy atom. The zero-order valence-electron chi connectivity index (χ0n) is 14.1. The number of carbonyl (C=O) groups is 1. The molecule has 1 aliphatic heterocycles. The van der Waals surface area contributed by atoms with Gasteiger partial charge in [-0.2, -0.15) is 5.10 Å². The molecule has 0 aliphatic carbocycles. The third kappa shape index (κ3) is 2.50. The fraction of sp³-hybridized carbons (Fsp3) is 0.368. The van der Waals surface area contributed by atoms with Gasteiger partial charge < -0.3 is 9.47 Å². The van der Waals surface area contributed by atoms with Crippen LogP contribution in [0.2, 0.25) is 0 Å². The molecule has 1 fully saturated rings. The molecule has 3 aromatic rings. The van der Waals surface area contributed by atoms with Crippen molar-refractivity contribution in [2.45, 2.75) is 25.3 Å². The minimum Gasteiger partial charge on any atom is -0.350 e. The lowest BCUT2D eigenvalue weighted by molar-refractivity contribution is -0.131. The van der Waals surface area contributed by atoms with Crippen molar-refractivity contribution >= 4 is 16.8 Å².